The minimum atomic E-state index is -0.502. The van der Waals surface area contributed by atoms with Gasteiger partial charge in [-0.15, -0.1) is 0 Å². The molecule has 196 valence electrons. The number of amides is 2. The molecular formula is C29H37N5O3. The van der Waals surface area contributed by atoms with E-state index in [0.29, 0.717) is 37.2 Å². The first-order valence-corrected chi connectivity index (χ1v) is 13.4. The molecule has 0 radical (unpaired) electrons. The van der Waals surface area contributed by atoms with Crippen LogP contribution in [0.5, 0.6) is 0 Å². The highest BCUT2D eigenvalue weighted by Crippen LogP contribution is 2.41. The van der Waals surface area contributed by atoms with Gasteiger partial charge in [0.05, 0.1) is 5.69 Å². The van der Waals surface area contributed by atoms with E-state index in [1.165, 1.54) is 11.3 Å². The smallest absolute Gasteiger partial charge is 0.410 e. The summed E-state index contributed by atoms with van der Waals surface area (Å²) >= 11 is 0. The first kappa shape index (κ1) is 24.1. The Kier molecular flexibility index (Phi) is 5.27. The number of likely N-dealkylation sites (tertiary alicyclic amines) is 2. The van der Waals surface area contributed by atoms with Crippen molar-refractivity contribution in [3.8, 4) is 11.4 Å². The van der Waals surface area contributed by atoms with Gasteiger partial charge in [0, 0.05) is 59.3 Å². The standard InChI is InChI=1S/C29H37N5O3/c1-27(2,3)37-26(36)33-11-10-29(15-33)16-34(17-29)25(35)19-7-6-18-12-22(30-21(18)13-19)24-20-8-9-28(4,5)14-23(20)31-32-24/h6-7,12-13,30H,8-11,14-17H2,1-5H3,(H,31,32). The van der Waals surface area contributed by atoms with Gasteiger partial charge in [-0.2, -0.15) is 5.10 Å². The van der Waals surface area contributed by atoms with Gasteiger partial charge in [-0.3, -0.25) is 9.89 Å². The van der Waals surface area contributed by atoms with Crippen molar-refractivity contribution in [3.63, 3.8) is 0 Å². The minimum Gasteiger partial charge on any atom is -0.444 e. The van der Waals surface area contributed by atoms with Crippen LogP contribution in [-0.4, -0.2) is 68.8 Å². The highest BCUT2D eigenvalue weighted by Gasteiger charge is 2.51. The van der Waals surface area contributed by atoms with Crippen LogP contribution in [0, 0.1) is 10.8 Å². The van der Waals surface area contributed by atoms with E-state index in [0.717, 1.165) is 48.0 Å². The van der Waals surface area contributed by atoms with Gasteiger partial charge in [0.1, 0.15) is 11.3 Å². The zero-order valence-electron chi connectivity index (χ0n) is 22.5. The van der Waals surface area contributed by atoms with Crippen molar-refractivity contribution in [2.24, 2.45) is 10.8 Å². The van der Waals surface area contributed by atoms with Crippen LogP contribution in [0.4, 0.5) is 4.79 Å². The molecule has 2 saturated heterocycles. The number of carbonyl (C=O) groups excluding carboxylic acids is 2. The van der Waals surface area contributed by atoms with Crippen molar-refractivity contribution in [2.45, 2.75) is 65.9 Å². The molecular weight excluding hydrogens is 466 g/mol. The summed E-state index contributed by atoms with van der Waals surface area (Å²) in [5.41, 5.74) is 5.96. The quantitative estimate of drug-likeness (QED) is 0.505. The second-order valence-corrected chi connectivity index (χ2v) is 13.2. The van der Waals surface area contributed by atoms with Crippen LogP contribution in [0.1, 0.15) is 69.1 Å². The molecule has 3 aromatic rings. The van der Waals surface area contributed by atoms with E-state index in [1.54, 1.807) is 4.90 Å². The average molecular weight is 504 g/mol. The SMILES string of the molecule is CC1(C)CCc2c(-c3cc4ccc(C(=O)N5CC6(CCN(C(=O)OC(C)(C)C)C6)C5)cc4[nH]3)n[nH]c2C1. The van der Waals surface area contributed by atoms with Crippen molar-refractivity contribution in [2.75, 3.05) is 26.2 Å². The molecule has 1 aromatic carbocycles. The maximum Gasteiger partial charge on any atom is 0.410 e. The predicted octanol–water partition coefficient (Wildman–Crippen LogP) is 5.16. The molecule has 2 aliphatic heterocycles. The number of aromatic nitrogens is 3. The second kappa shape index (κ2) is 8.10. The fraction of sp³-hybridized carbons (Fsp3) is 0.552. The number of ether oxygens (including phenoxy) is 1. The number of carbonyl (C=O) groups is 2. The number of rotatable bonds is 2. The third-order valence-electron chi connectivity index (χ3n) is 8.21. The lowest BCUT2D eigenvalue weighted by Crippen LogP contribution is -2.59. The van der Waals surface area contributed by atoms with Gasteiger partial charge in [-0.1, -0.05) is 19.9 Å². The van der Waals surface area contributed by atoms with E-state index in [2.05, 4.69) is 35.1 Å². The zero-order chi connectivity index (χ0) is 26.2. The highest BCUT2D eigenvalue weighted by atomic mass is 16.6. The van der Waals surface area contributed by atoms with E-state index < -0.39 is 5.60 Å². The lowest BCUT2D eigenvalue weighted by molar-refractivity contribution is 0.00308. The van der Waals surface area contributed by atoms with Crippen LogP contribution < -0.4 is 0 Å². The van der Waals surface area contributed by atoms with Crippen LogP contribution in [0.2, 0.25) is 0 Å². The van der Waals surface area contributed by atoms with Crippen LogP contribution in [-0.2, 0) is 17.6 Å². The number of fused-ring (bicyclic) bond motifs is 2. The van der Waals surface area contributed by atoms with Gasteiger partial charge in [0.2, 0.25) is 0 Å². The van der Waals surface area contributed by atoms with Gasteiger partial charge in [0.25, 0.3) is 5.91 Å². The molecule has 0 unspecified atom stereocenters. The fourth-order valence-electron chi connectivity index (χ4n) is 6.22. The zero-order valence-corrected chi connectivity index (χ0v) is 22.5. The third kappa shape index (κ3) is 4.40. The Bertz CT molecular complexity index is 1390. The van der Waals surface area contributed by atoms with Crippen molar-refractivity contribution < 1.29 is 14.3 Å². The van der Waals surface area contributed by atoms with E-state index in [-0.39, 0.29) is 17.4 Å². The number of hydrogen-bond acceptors (Lipinski definition) is 4. The van der Waals surface area contributed by atoms with Gasteiger partial charge in [-0.05, 0) is 70.1 Å². The van der Waals surface area contributed by atoms with Crippen LogP contribution >= 0.6 is 0 Å². The molecule has 6 rings (SSSR count). The summed E-state index contributed by atoms with van der Waals surface area (Å²) in [6.45, 7) is 12.9. The van der Waals surface area contributed by atoms with E-state index in [9.17, 15) is 9.59 Å². The summed E-state index contributed by atoms with van der Waals surface area (Å²) in [7, 11) is 0. The Morgan fingerprint density at radius 1 is 1.05 bits per heavy atom. The second-order valence-electron chi connectivity index (χ2n) is 13.2. The topological polar surface area (TPSA) is 94.3 Å². The lowest BCUT2D eigenvalue weighted by Gasteiger charge is -2.48. The maximum atomic E-state index is 13.3. The largest absolute Gasteiger partial charge is 0.444 e. The molecule has 2 amide bonds. The molecule has 8 nitrogen and oxygen atoms in total. The highest BCUT2D eigenvalue weighted by molar-refractivity contribution is 5.99. The molecule has 8 heteroatoms. The summed E-state index contributed by atoms with van der Waals surface area (Å²) in [5, 5.41) is 8.99. The fourth-order valence-corrected chi connectivity index (χ4v) is 6.22. The summed E-state index contributed by atoms with van der Waals surface area (Å²) in [4.78, 5) is 32.9. The minimum absolute atomic E-state index is 0.0100. The molecule has 1 aliphatic carbocycles. The normalized spacial score (nSPS) is 20.2. The summed E-state index contributed by atoms with van der Waals surface area (Å²) in [6, 6.07) is 8.01. The predicted molar refractivity (Wildman–Crippen MR) is 142 cm³/mol. The van der Waals surface area contributed by atoms with Gasteiger partial charge in [-0.25, -0.2) is 4.79 Å². The molecule has 1 spiro atoms. The number of H-pyrrole nitrogens is 2. The Morgan fingerprint density at radius 3 is 2.57 bits per heavy atom. The Morgan fingerprint density at radius 2 is 1.81 bits per heavy atom. The maximum absolute atomic E-state index is 13.3. The molecule has 2 N–H and O–H groups in total. The molecule has 0 atom stereocenters. The molecule has 2 aromatic heterocycles. The van der Waals surface area contributed by atoms with E-state index >= 15 is 0 Å². The number of nitrogens with one attached hydrogen (secondary N) is 2. The van der Waals surface area contributed by atoms with Crippen LogP contribution in [0.15, 0.2) is 24.3 Å². The molecule has 2 fully saturated rings. The van der Waals surface area contributed by atoms with Crippen molar-refractivity contribution in [3.05, 3.63) is 41.1 Å². The summed E-state index contributed by atoms with van der Waals surface area (Å²) in [6.07, 6.45) is 3.83. The molecule has 37 heavy (non-hydrogen) atoms. The molecule has 0 saturated carbocycles. The molecule has 0 bridgehead atoms. The first-order chi connectivity index (χ1) is 17.4. The van der Waals surface area contributed by atoms with E-state index in [1.807, 2.05) is 43.9 Å². The van der Waals surface area contributed by atoms with Gasteiger partial charge < -0.3 is 19.5 Å². The summed E-state index contributed by atoms with van der Waals surface area (Å²) < 4.78 is 5.53. The number of hydrogen-bond donors (Lipinski definition) is 2. The number of nitrogens with zero attached hydrogens (tertiary/aromatic N) is 3. The molecule has 4 heterocycles. The Labute approximate surface area is 217 Å². The summed E-state index contributed by atoms with van der Waals surface area (Å²) in [5.74, 6) is 0.0405. The first-order valence-electron chi connectivity index (χ1n) is 13.4. The van der Waals surface area contributed by atoms with E-state index in [4.69, 9.17) is 4.74 Å². The van der Waals surface area contributed by atoms with Crippen LogP contribution in [0.3, 0.4) is 0 Å². The van der Waals surface area contributed by atoms with Gasteiger partial charge in [0.15, 0.2) is 0 Å². The molecule has 3 aliphatic rings. The average Bonchev–Trinajstić information content (AvgIpc) is 3.51. The van der Waals surface area contributed by atoms with Crippen molar-refractivity contribution >= 4 is 22.9 Å². The third-order valence-corrected chi connectivity index (χ3v) is 8.21. The van der Waals surface area contributed by atoms with Crippen molar-refractivity contribution in [1.82, 2.24) is 25.0 Å². The van der Waals surface area contributed by atoms with Crippen LogP contribution in [0.25, 0.3) is 22.3 Å². The van der Waals surface area contributed by atoms with Gasteiger partial charge >= 0.3 is 6.09 Å². The van der Waals surface area contributed by atoms with Crippen molar-refractivity contribution in [1.29, 1.82) is 0 Å². The number of benzene rings is 1. The lowest BCUT2D eigenvalue weighted by atomic mass is 9.76. The number of aromatic amines is 2. The monoisotopic (exact) mass is 503 g/mol. The Balaban J connectivity index is 1.14. The Hall–Kier alpha value is -3.29.